The number of nitrogens with zero attached hydrogens (tertiary/aromatic N) is 2. The standard InChI is InChI=1S/C19H23N3O2/c1-13-10-16(13)19(24)22-8-6-21(7-9-22)18(23)11-14-12-20-17-5-3-2-4-15(14)17/h2-5,12-13,16,20H,6-11H2,1H3. The van der Waals surface area contributed by atoms with Crippen LogP contribution in [0.15, 0.2) is 30.5 Å². The van der Waals surface area contributed by atoms with Crippen molar-refractivity contribution in [2.75, 3.05) is 26.2 Å². The zero-order chi connectivity index (χ0) is 16.7. The molecule has 2 aromatic rings. The predicted octanol–water partition coefficient (Wildman–Crippen LogP) is 2.04. The van der Waals surface area contributed by atoms with Crippen LogP contribution in [-0.4, -0.2) is 52.8 Å². The van der Waals surface area contributed by atoms with Gasteiger partial charge in [0.05, 0.1) is 6.42 Å². The number of piperazine rings is 1. The van der Waals surface area contributed by atoms with Gasteiger partial charge < -0.3 is 14.8 Å². The predicted molar refractivity (Wildman–Crippen MR) is 92.4 cm³/mol. The van der Waals surface area contributed by atoms with Crippen LogP contribution in [0.5, 0.6) is 0 Å². The summed E-state index contributed by atoms with van der Waals surface area (Å²) in [4.78, 5) is 31.9. The quantitative estimate of drug-likeness (QED) is 0.939. The summed E-state index contributed by atoms with van der Waals surface area (Å²) < 4.78 is 0. The number of hydrogen-bond acceptors (Lipinski definition) is 2. The van der Waals surface area contributed by atoms with Crippen LogP contribution in [0.25, 0.3) is 10.9 Å². The van der Waals surface area contributed by atoms with Gasteiger partial charge in [-0.25, -0.2) is 0 Å². The van der Waals surface area contributed by atoms with Gasteiger partial charge in [0.15, 0.2) is 0 Å². The monoisotopic (exact) mass is 325 g/mol. The van der Waals surface area contributed by atoms with E-state index in [-0.39, 0.29) is 17.7 Å². The second kappa shape index (κ2) is 5.96. The minimum absolute atomic E-state index is 0.145. The van der Waals surface area contributed by atoms with Gasteiger partial charge >= 0.3 is 0 Å². The molecule has 1 aliphatic heterocycles. The number of carbonyl (C=O) groups excluding carboxylic acids is 2. The third-order valence-electron chi connectivity index (χ3n) is 5.39. The van der Waals surface area contributed by atoms with E-state index < -0.39 is 0 Å². The summed E-state index contributed by atoms with van der Waals surface area (Å²) in [5.41, 5.74) is 2.11. The van der Waals surface area contributed by atoms with Crippen LogP contribution >= 0.6 is 0 Å². The molecule has 1 N–H and O–H groups in total. The second-order valence-electron chi connectivity index (χ2n) is 7.06. The van der Waals surface area contributed by atoms with Gasteiger partial charge in [0, 0.05) is 49.2 Å². The van der Waals surface area contributed by atoms with Gasteiger partial charge in [-0.05, 0) is 24.0 Å². The van der Waals surface area contributed by atoms with Crippen molar-refractivity contribution in [2.45, 2.75) is 19.8 Å². The van der Waals surface area contributed by atoms with Gasteiger partial charge in [0.25, 0.3) is 0 Å². The molecule has 2 unspecified atom stereocenters. The smallest absolute Gasteiger partial charge is 0.227 e. The summed E-state index contributed by atoms with van der Waals surface area (Å²) in [6.45, 7) is 4.76. The average molecular weight is 325 g/mol. The van der Waals surface area contributed by atoms with Crippen LogP contribution < -0.4 is 0 Å². The van der Waals surface area contributed by atoms with Crippen molar-refractivity contribution in [3.63, 3.8) is 0 Å². The van der Waals surface area contributed by atoms with E-state index in [1.807, 2.05) is 40.3 Å². The molecule has 24 heavy (non-hydrogen) atoms. The molecule has 1 saturated heterocycles. The van der Waals surface area contributed by atoms with E-state index in [2.05, 4.69) is 11.9 Å². The molecule has 126 valence electrons. The van der Waals surface area contributed by atoms with E-state index >= 15 is 0 Å². The van der Waals surface area contributed by atoms with Crippen molar-refractivity contribution in [1.82, 2.24) is 14.8 Å². The number of hydrogen-bond donors (Lipinski definition) is 1. The minimum Gasteiger partial charge on any atom is -0.361 e. The van der Waals surface area contributed by atoms with Gasteiger partial charge in [0.2, 0.25) is 11.8 Å². The molecule has 5 nitrogen and oxygen atoms in total. The zero-order valence-electron chi connectivity index (χ0n) is 14.0. The van der Waals surface area contributed by atoms with Gasteiger partial charge in [-0.2, -0.15) is 0 Å². The summed E-state index contributed by atoms with van der Waals surface area (Å²) in [7, 11) is 0. The molecule has 1 saturated carbocycles. The summed E-state index contributed by atoms with van der Waals surface area (Å²) in [6.07, 6.45) is 3.37. The molecule has 2 heterocycles. The number of benzene rings is 1. The normalized spacial score (nSPS) is 23.5. The van der Waals surface area contributed by atoms with E-state index in [1.54, 1.807) is 0 Å². The number of fused-ring (bicyclic) bond motifs is 1. The first-order valence-corrected chi connectivity index (χ1v) is 8.75. The third kappa shape index (κ3) is 2.79. The summed E-state index contributed by atoms with van der Waals surface area (Å²) in [5.74, 6) is 1.20. The number of amides is 2. The van der Waals surface area contributed by atoms with Crippen LogP contribution in [0.3, 0.4) is 0 Å². The lowest BCUT2D eigenvalue weighted by Crippen LogP contribution is -2.51. The highest BCUT2D eigenvalue weighted by Gasteiger charge is 2.42. The molecular formula is C19H23N3O2. The maximum Gasteiger partial charge on any atom is 0.227 e. The second-order valence-corrected chi connectivity index (χ2v) is 7.06. The fourth-order valence-electron chi connectivity index (χ4n) is 3.63. The van der Waals surface area contributed by atoms with Crippen molar-refractivity contribution in [2.24, 2.45) is 11.8 Å². The first kappa shape index (κ1) is 15.2. The maximum absolute atomic E-state index is 12.6. The van der Waals surface area contributed by atoms with Crippen molar-refractivity contribution in [1.29, 1.82) is 0 Å². The Labute approximate surface area is 141 Å². The maximum atomic E-state index is 12.6. The molecule has 4 rings (SSSR count). The van der Waals surface area contributed by atoms with Crippen LogP contribution in [0, 0.1) is 11.8 Å². The van der Waals surface area contributed by atoms with Crippen LogP contribution in [0.1, 0.15) is 18.9 Å². The highest BCUT2D eigenvalue weighted by atomic mass is 16.2. The molecule has 0 radical (unpaired) electrons. The van der Waals surface area contributed by atoms with Crippen LogP contribution in [0.4, 0.5) is 0 Å². The first-order chi connectivity index (χ1) is 11.6. The summed E-state index contributed by atoms with van der Waals surface area (Å²) in [6, 6.07) is 8.04. The fraction of sp³-hybridized carbons (Fsp3) is 0.474. The van der Waals surface area contributed by atoms with Gasteiger partial charge in [-0.1, -0.05) is 25.1 Å². The molecule has 2 fully saturated rings. The third-order valence-corrected chi connectivity index (χ3v) is 5.39. The summed E-state index contributed by atoms with van der Waals surface area (Å²) >= 11 is 0. The molecule has 1 aromatic heterocycles. The number of aromatic nitrogens is 1. The van der Waals surface area contributed by atoms with E-state index in [0.29, 0.717) is 38.5 Å². The van der Waals surface area contributed by atoms with E-state index in [1.165, 1.54) is 0 Å². The average Bonchev–Trinajstić information content (AvgIpc) is 3.21. The molecule has 1 aliphatic carbocycles. The lowest BCUT2D eigenvalue weighted by molar-refractivity contribution is -0.140. The number of nitrogens with one attached hydrogen (secondary N) is 1. The van der Waals surface area contributed by atoms with Crippen molar-refractivity contribution < 1.29 is 9.59 Å². The number of carbonyl (C=O) groups is 2. The molecular weight excluding hydrogens is 302 g/mol. The Bertz CT molecular complexity index is 774. The zero-order valence-corrected chi connectivity index (χ0v) is 14.0. The Hall–Kier alpha value is -2.30. The molecule has 2 atom stereocenters. The molecule has 2 amide bonds. The number of H-pyrrole nitrogens is 1. The molecule has 1 aromatic carbocycles. The Morgan fingerprint density at radius 3 is 2.50 bits per heavy atom. The van der Waals surface area contributed by atoms with Crippen molar-refractivity contribution >= 4 is 22.7 Å². The number of rotatable bonds is 3. The van der Waals surface area contributed by atoms with Gasteiger partial charge in [-0.3, -0.25) is 9.59 Å². The lowest BCUT2D eigenvalue weighted by Gasteiger charge is -2.35. The fourth-order valence-corrected chi connectivity index (χ4v) is 3.63. The van der Waals surface area contributed by atoms with Crippen LogP contribution in [-0.2, 0) is 16.0 Å². The van der Waals surface area contributed by atoms with Crippen LogP contribution in [0.2, 0.25) is 0 Å². The first-order valence-electron chi connectivity index (χ1n) is 8.75. The Morgan fingerprint density at radius 1 is 1.12 bits per heavy atom. The topological polar surface area (TPSA) is 56.4 Å². The lowest BCUT2D eigenvalue weighted by atomic mass is 10.1. The Balaban J connectivity index is 1.35. The molecule has 2 aliphatic rings. The van der Waals surface area contributed by atoms with E-state index in [4.69, 9.17) is 0 Å². The number of para-hydroxylation sites is 1. The van der Waals surface area contributed by atoms with Crippen molar-refractivity contribution in [3.05, 3.63) is 36.0 Å². The van der Waals surface area contributed by atoms with Gasteiger partial charge in [0.1, 0.15) is 0 Å². The molecule has 0 spiro atoms. The van der Waals surface area contributed by atoms with E-state index in [0.717, 1.165) is 22.9 Å². The Kier molecular flexibility index (Phi) is 3.79. The van der Waals surface area contributed by atoms with Gasteiger partial charge in [-0.15, -0.1) is 0 Å². The number of aromatic amines is 1. The SMILES string of the molecule is CC1CC1C(=O)N1CCN(C(=O)Cc2c[nH]c3ccccc23)CC1. The minimum atomic E-state index is 0.145. The summed E-state index contributed by atoms with van der Waals surface area (Å²) in [5, 5.41) is 1.11. The Morgan fingerprint density at radius 2 is 1.79 bits per heavy atom. The van der Waals surface area contributed by atoms with Crippen molar-refractivity contribution in [3.8, 4) is 0 Å². The highest BCUT2D eigenvalue weighted by Crippen LogP contribution is 2.39. The molecule has 5 heteroatoms. The highest BCUT2D eigenvalue weighted by molar-refractivity contribution is 5.89. The largest absolute Gasteiger partial charge is 0.361 e. The van der Waals surface area contributed by atoms with E-state index in [9.17, 15) is 9.59 Å². The molecule has 0 bridgehead atoms.